The molecule has 0 aromatic rings. The van der Waals surface area contributed by atoms with Crippen LogP contribution in [0.2, 0.25) is 0 Å². The molecule has 1 aliphatic rings. The van der Waals surface area contributed by atoms with Crippen molar-refractivity contribution < 1.29 is 14.7 Å². The number of carboxylic acid groups (broad SMARTS) is 1. The maximum atomic E-state index is 11.9. The van der Waals surface area contributed by atoms with Crippen molar-refractivity contribution in [1.29, 1.82) is 0 Å². The number of amides is 1. The van der Waals surface area contributed by atoms with Crippen molar-refractivity contribution in [3.05, 3.63) is 12.2 Å². The van der Waals surface area contributed by atoms with E-state index in [1.807, 2.05) is 26.8 Å². The van der Waals surface area contributed by atoms with Gasteiger partial charge in [-0.1, -0.05) is 26.8 Å². The number of aliphatic carboxylic acids is 1. The van der Waals surface area contributed by atoms with E-state index < -0.39 is 11.9 Å². The minimum atomic E-state index is -0.803. The Hall–Kier alpha value is -1.32. The highest BCUT2D eigenvalue weighted by Crippen LogP contribution is 2.18. The van der Waals surface area contributed by atoms with Gasteiger partial charge in [-0.2, -0.15) is 0 Å². The van der Waals surface area contributed by atoms with Crippen molar-refractivity contribution in [2.45, 2.75) is 33.6 Å². The molecule has 1 rings (SSSR count). The van der Waals surface area contributed by atoms with Gasteiger partial charge in [0.05, 0.1) is 5.92 Å². The largest absolute Gasteiger partial charge is 0.481 e. The minimum absolute atomic E-state index is 0.0301. The van der Waals surface area contributed by atoms with E-state index in [-0.39, 0.29) is 11.3 Å². The molecule has 1 N–H and O–H groups in total. The number of carbonyl (C=O) groups is 2. The summed E-state index contributed by atoms with van der Waals surface area (Å²) in [5.41, 5.74) is -0.0301. The smallest absolute Gasteiger partial charge is 0.308 e. The summed E-state index contributed by atoms with van der Waals surface area (Å²) < 4.78 is 0. The fraction of sp³-hybridized carbons (Fsp3) is 0.692. The summed E-state index contributed by atoms with van der Waals surface area (Å²) in [6.45, 7) is 7.06. The monoisotopic (exact) mass is 239 g/mol. The number of hydrogen-bond acceptors (Lipinski definition) is 2. The molecule has 17 heavy (non-hydrogen) atoms. The lowest BCUT2D eigenvalue weighted by Crippen LogP contribution is -2.41. The topological polar surface area (TPSA) is 57.6 Å². The minimum Gasteiger partial charge on any atom is -0.481 e. The summed E-state index contributed by atoms with van der Waals surface area (Å²) in [6, 6.07) is 0. The molecule has 1 amide bonds. The highest BCUT2D eigenvalue weighted by Gasteiger charge is 2.27. The van der Waals surface area contributed by atoms with Gasteiger partial charge in [0, 0.05) is 13.1 Å². The van der Waals surface area contributed by atoms with Gasteiger partial charge in [-0.25, -0.2) is 0 Å². The van der Waals surface area contributed by atoms with Crippen molar-refractivity contribution in [3.63, 3.8) is 0 Å². The molecule has 0 aromatic carbocycles. The summed E-state index contributed by atoms with van der Waals surface area (Å²) in [7, 11) is 0. The first-order chi connectivity index (χ1) is 7.79. The second-order valence-corrected chi connectivity index (χ2v) is 5.66. The lowest BCUT2D eigenvalue weighted by molar-refractivity contribution is -0.144. The zero-order valence-corrected chi connectivity index (χ0v) is 10.8. The lowest BCUT2D eigenvalue weighted by Gasteiger charge is -2.30. The number of allylic oxidation sites excluding steroid dienone is 1. The van der Waals surface area contributed by atoms with Crippen molar-refractivity contribution in [2.24, 2.45) is 11.3 Å². The Morgan fingerprint density at radius 1 is 1.35 bits per heavy atom. The molecule has 0 saturated carbocycles. The van der Waals surface area contributed by atoms with Gasteiger partial charge in [0.1, 0.15) is 0 Å². The molecular formula is C13H21NO3. The molecule has 0 aliphatic carbocycles. The van der Waals surface area contributed by atoms with Crippen molar-refractivity contribution in [1.82, 2.24) is 4.90 Å². The molecule has 0 spiro atoms. The van der Waals surface area contributed by atoms with Crippen LogP contribution in [-0.4, -0.2) is 35.0 Å². The van der Waals surface area contributed by atoms with Gasteiger partial charge in [0.2, 0.25) is 5.91 Å². The number of piperidine rings is 1. The third-order valence-electron chi connectivity index (χ3n) is 2.81. The summed E-state index contributed by atoms with van der Waals surface area (Å²) >= 11 is 0. The van der Waals surface area contributed by atoms with Gasteiger partial charge in [-0.15, -0.1) is 0 Å². The maximum Gasteiger partial charge on any atom is 0.308 e. The molecular weight excluding hydrogens is 218 g/mol. The molecule has 1 atom stereocenters. The Kier molecular flexibility index (Phi) is 4.32. The zero-order chi connectivity index (χ0) is 13.1. The molecule has 1 saturated heterocycles. The van der Waals surface area contributed by atoms with Crippen LogP contribution in [0.5, 0.6) is 0 Å². The van der Waals surface area contributed by atoms with Gasteiger partial charge >= 0.3 is 5.97 Å². The predicted molar refractivity (Wildman–Crippen MR) is 65.5 cm³/mol. The highest BCUT2D eigenvalue weighted by molar-refractivity contribution is 5.88. The summed E-state index contributed by atoms with van der Waals surface area (Å²) in [4.78, 5) is 24.4. The Bertz CT molecular complexity index is 328. The van der Waals surface area contributed by atoms with Gasteiger partial charge < -0.3 is 10.0 Å². The third-order valence-corrected chi connectivity index (χ3v) is 2.81. The van der Waals surface area contributed by atoms with E-state index in [0.29, 0.717) is 19.5 Å². The first kappa shape index (κ1) is 13.7. The summed E-state index contributed by atoms with van der Waals surface area (Å²) in [6.07, 6.45) is 4.86. The number of rotatable bonds is 2. The second kappa shape index (κ2) is 5.34. The van der Waals surface area contributed by atoms with E-state index in [1.54, 1.807) is 11.0 Å². The Morgan fingerprint density at radius 3 is 2.53 bits per heavy atom. The average molecular weight is 239 g/mol. The number of nitrogens with zero attached hydrogens (tertiary/aromatic N) is 1. The molecule has 1 unspecified atom stereocenters. The quantitative estimate of drug-likeness (QED) is 0.749. The fourth-order valence-corrected chi connectivity index (χ4v) is 1.81. The van der Waals surface area contributed by atoms with Crippen molar-refractivity contribution in [3.8, 4) is 0 Å². The molecule has 4 heteroatoms. The zero-order valence-electron chi connectivity index (χ0n) is 10.8. The van der Waals surface area contributed by atoms with E-state index in [0.717, 1.165) is 6.42 Å². The van der Waals surface area contributed by atoms with Crippen LogP contribution in [0.25, 0.3) is 0 Å². The molecule has 96 valence electrons. The Labute approximate surface area is 102 Å². The van der Waals surface area contributed by atoms with Gasteiger partial charge in [-0.05, 0) is 24.3 Å². The molecule has 4 nitrogen and oxygen atoms in total. The number of hydrogen-bond donors (Lipinski definition) is 1. The van der Waals surface area contributed by atoms with Crippen molar-refractivity contribution in [2.75, 3.05) is 13.1 Å². The van der Waals surface area contributed by atoms with Crippen LogP contribution in [-0.2, 0) is 9.59 Å². The van der Waals surface area contributed by atoms with Gasteiger partial charge in [0.25, 0.3) is 0 Å². The summed E-state index contributed by atoms with van der Waals surface area (Å²) in [5.74, 6) is -1.29. The highest BCUT2D eigenvalue weighted by atomic mass is 16.4. The second-order valence-electron chi connectivity index (χ2n) is 5.66. The standard InChI is InChI=1S/C13H21NO3/c1-13(2,3)7-6-11(15)14-8-4-5-10(9-14)12(16)17/h6-7,10H,4-5,8-9H2,1-3H3,(H,16,17)/b7-6+. The normalized spacial score (nSPS) is 21.8. The molecule has 0 radical (unpaired) electrons. The van der Waals surface area contributed by atoms with Gasteiger partial charge in [-0.3, -0.25) is 9.59 Å². The molecule has 1 fully saturated rings. The van der Waals surface area contributed by atoms with E-state index in [9.17, 15) is 9.59 Å². The van der Waals surface area contributed by atoms with E-state index in [1.165, 1.54) is 0 Å². The molecule has 1 aliphatic heterocycles. The van der Waals surface area contributed by atoms with Crippen LogP contribution < -0.4 is 0 Å². The SMILES string of the molecule is CC(C)(C)/C=C/C(=O)N1CCCC(C(=O)O)C1. The Morgan fingerprint density at radius 2 is 2.00 bits per heavy atom. The average Bonchev–Trinajstić information content (AvgIpc) is 2.25. The van der Waals surface area contributed by atoms with Crippen LogP contribution in [0.4, 0.5) is 0 Å². The first-order valence-corrected chi connectivity index (χ1v) is 6.00. The fourth-order valence-electron chi connectivity index (χ4n) is 1.81. The molecule has 0 bridgehead atoms. The van der Waals surface area contributed by atoms with Gasteiger partial charge in [0.15, 0.2) is 0 Å². The van der Waals surface area contributed by atoms with E-state index in [2.05, 4.69) is 0 Å². The van der Waals surface area contributed by atoms with Crippen LogP contribution >= 0.6 is 0 Å². The molecule has 0 aromatic heterocycles. The van der Waals surface area contributed by atoms with Crippen LogP contribution in [0.1, 0.15) is 33.6 Å². The maximum absolute atomic E-state index is 11.9. The Balaban J connectivity index is 2.58. The van der Waals surface area contributed by atoms with Crippen molar-refractivity contribution >= 4 is 11.9 Å². The predicted octanol–water partition coefficient (Wildman–Crippen LogP) is 1.91. The number of carbonyl (C=O) groups excluding carboxylic acids is 1. The summed E-state index contributed by atoms with van der Waals surface area (Å²) in [5, 5.41) is 8.94. The third kappa shape index (κ3) is 4.59. The number of likely N-dealkylation sites (tertiary alicyclic amines) is 1. The van der Waals surface area contributed by atoms with E-state index >= 15 is 0 Å². The van der Waals surface area contributed by atoms with Crippen LogP contribution in [0.15, 0.2) is 12.2 Å². The number of carboxylic acids is 1. The lowest BCUT2D eigenvalue weighted by atomic mass is 9.95. The molecule has 1 heterocycles. The van der Waals surface area contributed by atoms with Crippen LogP contribution in [0, 0.1) is 11.3 Å². The van der Waals surface area contributed by atoms with E-state index in [4.69, 9.17) is 5.11 Å². The van der Waals surface area contributed by atoms with Crippen LogP contribution in [0.3, 0.4) is 0 Å². The first-order valence-electron chi connectivity index (χ1n) is 6.00.